The first kappa shape index (κ1) is 17.5. The average molecular weight is 226 g/mol. The van der Waals surface area contributed by atoms with Crippen molar-refractivity contribution in [3.63, 3.8) is 0 Å². The van der Waals surface area contributed by atoms with E-state index in [-0.39, 0.29) is 31.8 Å². The van der Waals surface area contributed by atoms with Crippen LogP contribution >= 0.6 is 0 Å². The monoisotopic (exact) mass is 224 g/mol. The molecule has 0 aromatic rings. The molecule has 0 aromatic heterocycles. The van der Waals surface area contributed by atoms with Crippen LogP contribution < -0.4 is 5.73 Å². The molecule has 12 heavy (non-hydrogen) atoms. The van der Waals surface area contributed by atoms with E-state index in [0.29, 0.717) is 0 Å². The molecule has 4 nitrogen and oxygen atoms in total. The number of carboxylic acids is 1. The standard InChI is InChI=1S/C4H6O2.C3H7NO.Zn/c1-3(2)4(5)6;1-3(5)2-4;/h3H,1H2,2H3;5H,1-2,4H2;/p+1. The first-order valence-corrected chi connectivity index (χ1v) is 3.04. The van der Waals surface area contributed by atoms with E-state index in [2.05, 4.69) is 13.5 Å². The van der Waals surface area contributed by atoms with E-state index >= 15 is 0 Å². The number of carboxylic acid groups (broad SMARTS) is 1. The Morgan fingerprint density at radius 2 is 1.83 bits per heavy atom. The van der Waals surface area contributed by atoms with Crippen molar-refractivity contribution in [3.05, 3.63) is 19.3 Å². The van der Waals surface area contributed by atoms with Crippen molar-refractivity contribution in [2.45, 2.75) is 6.92 Å². The van der Waals surface area contributed by atoms with E-state index in [1.807, 2.05) is 0 Å². The average Bonchev–Trinajstić information content (AvgIpc) is 1.89. The van der Waals surface area contributed by atoms with E-state index in [4.69, 9.17) is 15.9 Å². The predicted molar refractivity (Wildman–Crippen MR) is 43.0 cm³/mol. The van der Waals surface area contributed by atoms with E-state index in [1.165, 1.54) is 6.92 Å². The van der Waals surface area contributed by atoms with Crippen LogP contribution in [0.4, 0.5) is 0 Å². The predicted octanol–water partition coefficient (Wildman–Crippen LogP) is 0.555. The fourth-order valence-corrected chi connectivity index (χ4v) is 0. The van der Waals surface area contributed by atoms with Gasteiger partial charge in [-0.1, -0.05) is 6.58 Å². The number of rotatable bonds is 2. The number of carbonyl (C=O) groups is 1. The summed E-state index contributed by atoms with van der Waals surface area (Å²) in [6.07, 6.45) is 0. The van der Waals surface area contributed by atoms with Gasteiger partial charge in [0.2, 0.25) is 0 Å². The van der Waals surface area contributed by atoms with Crippen LogP contribution in [0.25, 0.3) is 0 Å². The van der Waals surface area contributed by atoms with Crippen LogP contribution in [0.15, 0.2) is 12.3 Å². The Bertz CT molecular complexity index is 137. The van der Waals surface area contributed by atoms with Crippen LogP contribution in [-0.4, -0.2) is 22.7 Å². The van der Waals surface area contributed by atoms with E-state index < -0.39 is 11.9 Å². The van der Waals surface area contributed by atoms with Gasteiger partial charge in [-0.3, -0.25) is 0 Å². The second-order valence-electron chi connectivity index (χ2n) is 2.01. The summed E-state index contributed by atoms with van der Waals surface area (Å²) < 4.78 is 0. The molecule has 0 heterocycles. The molecule has 5 heteroatoms. The summed E-state index contributed by atoms with van der Waals surface area (Å²) in [6, 6.07) is 0. The van der Waals surface area contributed by atoms with Gasteiger partial charge in [0.05, 0.1) is 19.2 Å². The van der Waals surface area contributed by atoms with Crippen molar-refractivity contribution in [2.75, 3.05) is 6.54 Å². The minimum absolute atomic E-state index is 0. The van der Waals surface area contributed by atoms with E-state index in [9.17, 15) is 4.79 Å². The van der Waals surface area contributed by atoms with Crippen LogP contribution in [0.3, 0.4) is 0 Å². The van der Waals surface area contributed by atoms with Crippen molar-refractivity contribution < 1.29 is 34.5 Å². The summed E-state index contributed by atoms with van der Waals surface area (Å²) >= 11 is 0. The van der Waals surface area contributed by atoms with Gasteiger partial charge in [0.1, 0.15) is 0 Å². The third-order valence-electron chi connectivity index (χ3n) is 0.657. The maximum absolute atomic E-state index is 9.64. The molecule has 0 aromatic carbocycles. The molecule has 0 aliphatic rings. The Morgan fingerprint density at radius 1 is 1.67 bits per heavy atom. The molecule has 0 saturated carbocycles. The second kappa shape index (κ2) is 10.5. The quantitative estimate of drug-likeness (QED) is 0.364. The molecule has 0 spiro atoms. The minimum atomic E-state index is -0.852. The van der Waals surface area contributed by atoms with Gasteiger partial charge in [-0.05, 0) is 6.92 Å². The maximum atomic E-state index is 9.64. The fraction of sp³-hybridized carbons (Fsp3) is 0.429. The number of aliphatic hydroxyl groups is 1. The molecule has 0 rings (SSSR count). The molecule has 0 saturated heterocycles. The molecular weight excluding hydrogens is 211 g/mol. The third kappa shape index (κ3) is 22.7. The number of hydrogen-bond acceptors (Lipinski definition) is 3. The molecule has 0 amide bonds. The van der Waals surface area contributed by atoms with Crippen LogP contribution in [0.2, 0.25) is 0 Å². The van der Waals surface area contributed by atoms with Gasteiger partial charge in [-0.25, -0.2) is 4.79 Å². The molecule has 1 atom stereocenters. The minimum Gasteiger partial charge on any atom is -0.512 e. The normalized spacial score (nSPS) is 9.83. The Morgan fingerprint density at radius 3 is 1.83 bits per heavy atom. The number of hydrogen-bond donors (Lipinski definition) is 3. The largest absolute Gasteiger partial charge is 0.512 e. The van der Waals surface area contributed by atoms with Crippen molar-refractivity contribution >= 4 is 5.97 Å². The zero-order valence-electron chi connectivity index (χ0n) is 7.29. The summed E-state index contributed by atoms with van der Waals surface area (Å²) in [5.74, 6) is -1.30. The molecule has 0 bridgehead atoms. The molecule has 1 unspecified atom stereocenters. The van der Waals surface area contributed by atoms with E-state index in [1.54, 1.807) is 0 Å². The van der Waals surface area contributed by atoms with Crippen LogP contribution in [0.1, 0.15) is 6.92 Å². The summed E-state index contributed by atoms with van der Waals surface area (Å²) in [6.45, 7) is 8.04. The summed E-state index contributed by atoms with van der Waals surface area (Å²) in [4.78, 5) is 9.64. The first-order valence-electron chi connectivity index (χ1n) is 3.04. The van der Waals surface area contributed by atoms with Gasteiger partial charge < -0.3 is 15.9 Å². The summed E-state index contributed by atoms with van der Waals surface area (Å²) in [5, 5.41) is 16.0. The third-order valence-corrected chi connectivity index (χ3v) is 0.657. The zero-order valence-corrected chi connectivity index (χ0v) is 10.3. The van der Waals surface area contributed by atoms with Gasteiger partial charge in [-0.2, -0.15) is 0 Å². The van der Waals surface area contributed by atoms with Crippen LogP contribution in [-0.2, 0) is 24.3 Å². The molecule has 66 valence electrons. The molecule has 4 N–H and O–H groups in total. The zero-order chi connectivity index (χ0) is 9.44. The van der Waals surface area contributed by atoms with Gasteiger partial charge in [0.25, 0.3) is 0 Å². The van der Waals surface area contributed by atoms with Gasteiger partial charge >= 0.3 is 5.97 Å². The Labute approximate surface area is 85.2 Å². The van der Waals surface area contributed by atoms with Gasteiger partial charge in [-0.15, -0.1) is 0 Å². The number of aliphatic carboxylic acids is 1. The van der Waals surface area contributed by atoms with Gasteiger partial charge in [0, 0.05) is 19.5 Å². The van der Waals surface area contributed by atoms with Crippen molar-refractivity contribution in [2.24, 2.45) is 11.7 Å². The molecule has 0 radical (unpaired) electrons. The molecule has 0 aliphatic heterocycles. The maximum Gasteiger partial charge on any atom is 0.351 e. The van der Waals surface area contributed by atoms with Crippen molar-refractivity contribution in [1.82, 2.24) is 0 Å². The molecule has 0 fully saturated rings. The Hall–Kier alpha value is -0.537. The fourth-order valence-electron chi connectivity index (χ4n) is 0. The van der Waals surface area contributed by atoms with Crippen molar-refractivity contribution in [1.29, 1.82) is 0 Å². The van der Waals surface area contributed by atoms with Crippen LogP contribution in [0, 0.1) is 12.8 Å². The second-order valence-corrected chi connectivity index (χ2v) is 2.01. The van der Waals surface area contributed by atoms with Crippen LogP contribution in [0.5, 0.6) is 0 Å². The molecular formula is C7H14NO3Zn+. The van der Waals surface area contributed by atoms with E-state index in [0.717, 1.165) is 0 Å². The molecule has 0 aliphatic carbocycles. The smallest absolute Gasteiger partial charge is 0.351 e. The number of aliphatic hydroxyl groups excluding tert-OH is 1. The Balaban J connectivity index is -0.000000126. The SMILES string of the molecule is C=C(O)CN.[CH2+]C(C)C(=O)O.[Zn]. The van der Waals surface area contributed by atoms with Crippen molar-refractivity contribution in [3.8, 4) is 0 Å². The number of nitrogens with two attached hydrogens (primary N) is 1. The summed E-state index contributed by atoms with van der Waals surface area (Å²) in [5.41, 5.74) is 4.82. The topological polar surface area (TPSA) is 83.5 Å². The Kier molecular flexibility index (Phi) is 15.3. The van der Waals surface area contributed by atoms with Gasteiger partial charge in [0.15, 0.2) is 5.92 Å². The summed E-state index contributed by atoms with van der Waals surface area (Å²) in [7, 11) is 0. The first-order chi connectivity index (χ1) is 4.91.